The third-order valence-electron chi connectivity index (χ3n) is 9.99. The molecule has 4 rings (SSSR count). The van der Waals surface area contributed by atoms with Gasteiger partial charge in [-0.2, -0.15) is 0 Å². The number of hydrogen-bond acceptors (Lipinski definition) is 22. The van der Waals surface area contributed by atoms with Crippen molar-refractivity contribution in [3.63, 3.8) is 0 Å². The number of rotatable bonds is 40. The molecule has 1 aromatic carbocycles. The molecule has 4 N–H and O–H groups in total. The lowest BCUT2D eigenvalue weighted by Crippen LogP contribution is -2.32. The van der Waals surface area contributed by atoms with Gasteiger partial charge in [0.25, 0.3) is 23.6 Å². The second kappa shape index (κ2) is 35.1. The molecule has 2 aromatic heterocycles. The van der Waals surface area contributed by atoms with Crippen molar-refractivity contribution in [2.75, 3.05) is 135 Å². The van der Waals surface area contributed by atoms with E-state index in [4.69, 9.17) is 47.1 Å². The Balaban J connectivity index is 0.920. The number of imide groups is 1. The van der Waals surface area contributed by atoms with Gasteiger partial charge in [0, 0.05) is 81.9 Å². The summed E-state index contributed by atoms with van der Waals surface area (Å²) in [4.78, 5) is 105. The molecule has 3 heterocycles. The fourth-order valence-corrected chi connectivity index (χ4v) is 7.88. The lowest BCUT2D eigenvalue weighted by atomic mass is 10.1. The zero-order chi connectivity index (χ0) is 54.2. The lowest BCUT2D eigenvalue weighted by Gasteiger charge is -2.15. The molecule has 0 aliphatic carbocycles. The summed E-state index contributed by atoms with van der Waals surface area (Å²) in [5, 5.41) is 11.8. The van der Waals surface area contributed by atoms with Crippen LogP contribution in [-0.4, -0.2) is 185 Å². The second-order valence-electron chi connectivity index (χ2n) is 15.9. The summed E-state index contributed by atoms with van der Waals surface area (Å²) in [5.74, 6) is -3.04. The Kier molecular flexibility index (Phi) is 28.8. The van der Waals surface area contributed by atoms with E-state index < -0.39 is 46.1 Å². The summed E-state index contributed by atoms with van der Waals surface area (Å²) in [6, 6.07) is 6.05. The first kappa shape index (κ1) is 61.4. The van der Waals surface area contributed by atoms with E-state index >= 15 is 0 Å². The van der Waals surface area contributed by atoms with Gasteiger partial charge in [0.2, 0.25) is 22.7 Å². The number of anilines is 2. The van der Waals surface area contributed by atoms with Gasteiger partial charge < -0.3 is 68.4 Å². The second-order valence-corrected chi connectivity index (χ2v) is 18.0. The van der Waals surface area contributed by atoms with Crippen LogP contribution in [0.5, 0.6) is 5.75 Å². The topological polar surface area (TPSA) is 334 Å². The molecule has 0 spiro atoms. The molecule has 27 nitrogen and oxygen atoms in total. The quantitative estimate of drug-likeness (QED) is 0.0219. The zero-order valence-electron chi connectivity index (χ0n) is 41.8. The normalized spacial score (nSPS) is 12.3. The van der Waals surface area contributed by atoms with E-state index in [9.17, 15) is 46.8 Å². The number of amides is 6. The Morgan fingerprint density at radius 1 is 0.707 bits per heavy atom. The fourth-order valence-electron chi connectivity index (χ4n) is 6.33. The number of carbonyl (C=O) groups excluding carboxylic acids is 7. The van der Waals surface area contributed by atoms with Gasteiger partial charge in [0.1, 0.15) is 16.9 Å². The smallest absolute Gasteiger partial charge is 0.349 e. The van der Waals surface area contributed by atoms with Gasteiger partial charge in [-0.25, -0.2) is 23.0 Å². The molecule has 3 aromatic rings. The van der Waals surface area contributed by atoms with Crippen LogP contribution in [0.3, 0.4) is 0 Å². The van der Waals surface area contributed by atoms with E-state index in [0.29, 0.717) is 101 Å². The molecule has 1 fully saturated rings. The molecular formula is C46H65N7O20S2. The molecule has 0 radical (unpaired) electrons. The van der Waals surface area contributed by atoms with E-state index in [1.807, 2.05) is 0 Å². The molecule has 29 heteroatoms. The molecule has 75 heavy (non-hydrogen) atoms. The van der Waals surface area contributed by atoms with Crippen LogP contribution >= 0.6 is 11.3 Å². The Bertz CT molecular complexity index is 2440. The van der Waals surface area contributed by atoms with Gasteiger partial charge >= 0.3 is 11.6 Å². The van der Waals surface area contributed by atoms with E-state index in [1.54, 1.807) is 19.1 Å². The fraction of sp³-hybridized carbons (Fsp3) is 0.587. The van der Waals surface area contributed by atoms with Crippen LogP contribution < -0.4 is 35.9 Å². The Hall–Kier alpha value is -6.18. The molecule has 1 saturated heterocycles. The molecular weight excluding hydrogens is 1030 g/mol. The first-order valence-electron chi connectivity index (χ1n) is 24.0. The van der Waals surface area contributed by atoms with Crippen molar-refractivity contribution in [3.05, 3.63) is 45.1 Å². The largest absolute Gasteiger partial charge is 0.484 e. The van der Waals surface area contributed by atoms with Crippen LogP contribution in [0.1, 0.15) is 60.7 Å². The first-order valence-corrected chi connectivity index (χ1v) is 26.0. The van der Waals surface area contributed by atoms with Crippen molar-refractivity contribution in [1.29, 1.82) is 0 Å². The Morgan fingerprint density at radius 2 is 1.27 bits per heavy atom. The third-order valence-corrected chi connectivity index (χ3v) is 11.6. The van der Waals surface area contributed by atoms with Gasteiger partial charge in [0.05, 0.1) is 85.7 Å². The van der Waals surface area contributed by atoms with Crippen LogP contribution in [-0.2, 0) is 77.7 Å². The van der Waals surface area contributed by atoms with E-state index in [-0.39, 0.29) is 118 Å². The molecule has 416 valence electrons. The maximum Gasteiger partial charge on any atom is 0.349 e. The van der Waals surface area contributed by atoms with Gasteiger partial charge in [0.15, 0.2) is 17.6 Å². The van der Waals surface area contributed by atoms with Crippen molar-refractivity contribution in [2.45, 2.75) is 52.4 Å². The van der Waals surface area contributed by atoms with Gasteiger partial charge in [-0.15, -0.1) is 5.06 Å². The summed E-state index contributed by atoms with van der Waals surface area (Å²) < 4.78 is 73.6. The molecule has 0 atom stereocenters. The molecule has 6 amide bonds. The van der Waals surface area contributed by atoms with Crippen LogP contribution in [0, 0.1) is 6.92 Å². The Morgan fingerprint density at radius 3 is 1.87 bits per heavy atom. The van der Waals surface area contributed by atoms with Crippen molar-refractivity contribution >= 4 is 85.6 Å². The summed E-state index contributed by atoms with van der Waals surface area (Å²) in [6.45, 7) is 7.42. The molecule has 0 unspecified atom stereocenters. The number of thiol groups is 1. The van der Waals surface area contributed by atoms with Crippen molar-refractivity contribution < 1.29 is 89.1 Å². The number of fused-ring (bicyclic) bond motifs is 1. The summed E-state index contributed by atoms with van der Waals surface area (Å²) in [7, 11) is -3.05. The average Bonchev–Trinajstić information content (AvgIpc) is 3.89. The molecule has 0 bridgehead atoms. The highest BCUT2D eigenvalue weighted by molar-refractivity contribution is 7.74. The molecule has 0 saturated carbocycles. The van der Waals surface area contributed by atoms with Crippen LogP contribution in [0.4, 0.5) is 10.9 Å². The van der Waals surface area contributed by atoms with E-state index in [0.717, 1.165) is 15.6 Å². The average molecular weight is 1100 g/mol. The highest BCUT2D eigenvalue weighted by Gasteiger charge is 2.32. The minimum absolute atomic E-state index is 0.0266. The zero-order valence-corrected chi connectivity index (χ0v) is 43.6. The Labute approximate surface area is 437 Å². The highest BCUT2D eigenvalue weighted by atomic mass is 32.2. The molecule has 1 aliphatic heterocycles. The van der Waals surface area contributed by atoms with Gasteiger partial charge in [-0.05, 0) is 38.0 Å². The number of hydroxylamine groups is 2. The maximum absolute atomic E-state index is 12.7. The number of aromatic nitrogens is 1. The van der Waals surface area contributed by atoms with Crippen molar-refractivity contribution in [1.82, 2.24) is 26.0 Å². The predicted molar refractivity (Wildman–Crippen MR) is 267 cm³/mol. The number of thiazole rings is 1. The monoisotopic (exact) mass is 1100 g/mol. The number of nitrogens with zero attached hydrogens (tertiary/aromatic N) is 3. The number of aryl methyl sites for hydroxylation is 1. The van der Waals surface area contributed by atoms with Crippen molar-refractivity contribution in [3.8, 4) is 5.75 Å². The maximum atomic E-state index is 12.7. The third kappa shape index (κ3) is 24.4. The standard InChI is InChI=1S/C46H65N7O20S2/c1-32-43(51-46(74-32)50-33(2)54)52(75(62)63)14-9-38(55)47-11-3-15-64-19-23-68-24-20-65-16-4-12-49-44(60)36-29-34-5-6-35(30-37(34)72-45(36)61)71-31-39(56)48-13-18-67-22-26-70-28-27-69-25-21-66-17-10-42(59)73-53-40(57)7-8-41(53)58/h5-6,29-30,75H,3-4,7-28,31H2,1-2H3,(H,47,55)(H,48,56)(H,49,60)(H,50,51,54). The minimum atomic E-state index is -3.05. The van der Waals surface area contributed by atoms with Crippen LogP contribution in [0.2, 0.25) is 0 Å². The predicted octanol–water partition coefficient (Wildman–Crippen LogP) is 0.174. The van der Waals surface area contributed by atoms with E-state index in [1.165, 1.54) is 19.1 Å². The van der Waals surface area contributed by atoms with Crippen molar-refractivity contribution in [2.24, 2.45) is 0 Å². The lowest BCUT2D eigenvalue weighted by molar-refractivity contribution is -0.198. The van der Waals surface area contributed by atoms with Gasteiger partial charge in [-0.1, -0.05) is 11.3 Å². The summed E-state index contributed by atoms with van der Waals surface area (Å²) in [6.07, 6.45) is 0.869. The van der Waals surface area contributed by atoms with Crippen LogP contribution in [0.15, 0.2) is 33.5 Å². The van der Waals surface area contributed by atoms with E-state index in [2.05, 4.69) is 26.3 Å². The summed E-state index contributed by atoms with van der Waals surface area (Å²) >= 11 is 1.14. The number of carbonyl (C=O) groups is 7. The highest BCUT2D eigenvalue weighted by Crippen LogP contribution is 2.29. The number of benzene rings is 1. The first-order chi connectivity index (χ1) is 36.2. The molecule has 1 aliphatic rings. The summed E-state index contributed by atoms with van der Waals surface area (Å²) in [5.41, 5.74) is -0.837. The van der Waals surface area contributed by atoms with Crippen LogP contribution in [0.25, 0.3) is 11.0 Å². The number of hydrogen-bond donors (Lipinski definition) is 5. The number of nitrogens with one attached hydrogen (secondary N) is 4. The SMILES string of the molecule is CC(=O)Nc1nc(N(CCC(=O)NCCCOCCOCCOCCCNC(=O)c2cc3ccc(OCC(=O)NCCOCCOCCOCCOCCC(=O)ON4C(=O)CCC4=O)cc3oc2=O)[SH](=O)=O)c(C)s1. The van der Waals surface area contributed by atoms with Gasteiger partial charge in [-0.3, -0.25) is 33.1 Å². The minimum Gasteiger partial charge on any atom is -0.484 e. The number of ether oxygens (including phenoxy) is 8.